The summed E-state index contributed by atoms with van der Waals surface area (Å²) in [6, 6.07) is 18.0. The number of nitrogens with zero attached hydrogens (tertiary/aromatic N) is 1. The van der Waals surface area contributed by atoms with Crippen LogP contribution in [-0.2, 0) is 18.5 Å². The molecule has 0 unspecified atom stereocenters. The zero-order valence-electron chi connectivity index (χ0n) is 15.3. The van der Waals surface area contributed by atoms with E-state index in [2.05, 4.69) is 79.5 Å². The van der Waals surface area contributed by atoms with Crippen LogP contribution in [0.15, 0.2) is 48.5 Å². The number of benzene rings is 2. The molecule has 1 saturated heterocycles. The van der Waals surface area contributed by atoms with Crippen LogP contribution in [0.3, 0.4) is 0 Å². The molecule has 1 fully saturated rings. The van der Waals surface area contributed by atoms with E-state index in [1.807, 2.05) is 0 Å². The van der Waals surface area contributed by atoms with Crippen molar-refractivity contribution < 1.29 is 0 Å². The highest BCUT2D eigenvalue weighted by Crippen LogP contribution is 2.22. The first-order chi connectivity index (χ1) is 11.5. The highest BCUT2D eigenvalue weighted by Gasteiger charge is 2.13. The molecule has 2 nitrogen and oxygen atoms in total. The smallest absolute Gasteiger partial charge is 0.0366 e. The SMILES string of the molecule is CC(C)(C)c1ccc(CNCc2ccc(N3CCCC3)cc2)cc1. The molecule has 0 amide bonds. The first-order valence-corrected chi connectivity index (χ1v) is 9.16. The van der Waals surface area contributed by atoms with Crippen LogP contribution >= 0.6 is 0 Å². The largest absolute Gasteiger partial charge is 0.372 e. The van der Waals surface area contributed by atoms with Crippen LogP contribution < -0.4 is 10.2 Å². The standard InChI is InChI=1S/C22H30N2/c1-22(2,3)20-10-6-18(7-11-20)16-23-17-19-8-12-21(13-9-19)24-14-4-5-15-24/h6-13,23H,4-5,14-17H2,1-3H3. The van der Waals surface area contributed by atoms with Crippen molar-refractivity contribution in [3.63, 3.8) is 0 Å². The molecular formula is C22H30N2. The van der Waals surface area contributed by atoms with Crippen molar-refractivity contribution in [1.29, 1.82) is 0 Å². The van der Waals surface area contributed by atoms with E-state index in [0.717, 1.165) is 13.1 Å². The lowest BCUT2D eigenvalue weighted by atomic mass is 9.87. The molecule has 2 aromatic rings. The topological polar surface area (TPSA) is 15.3 Å². The minimum absolute atomic E-state index is 0.225. The van der Waals surface area contributed by atoms with Gasteiger partial charge in [-0.3, -0.25) is 0 Å². The van der Waals surface area contributed by atoms with Gasteiger partial charge in [0.1, 0.15) is 0 Å². The fourth-order valence-corrected chi connectivity index (χ4v) is 3.27. The summed E-state index contributed by atoms with van der Waals surface area (Å²) >= 11 is 0. The molecule has 0 saturated carbocycles. The summed E-state index contributed by atoms with van der Waals surface area (Å²) in [6.45, 7) is 11.0. The Bertz CT molecular complexity index is 629. The Morgan fingerprint density at radius 1 is 0.792 bits per heavy atom. The quantitative estimate of drug-likeness (QED) is 0.844. The predicted octanol–water partition coefficient (Wildman–Crippen LogP) is 4.87. The molecule has 0 spiro atoms. The van der Waals surface area contributed by atoms with Crippen LogP contribution in [0.2, 0.25) is 0 Å². The minimum Gasteiger partial charge on any atom is -0.372 e. The maximum atomic E-state index is 3.55. The number of nitrogens with one attached hydrogen (secondary N) is 1. The maximum Gasteiger partial charge on any atom is 0.0366 e. The summed E-state index contributed by atoms with van der Waals surface area (Å²) in [7, 11) is 0. The highest BCUT2D eigenvalue weighted by atomic mass is 15.1. The lowest BCUT2D eigenvalue weighted by molar-refractivity contribution is 0.589. The average molecular weight is 322 g/mol. The summed E-state index contributed by atoms with van der Waals surface area (Å²) in [6.07, 6.45) is 2.66. The third kappa shape index (κ3) is 4.39. The lowest BCUT2D eigenvalue weighted by Crippen LogP contribution is -2.17. The Kier molecular flexibility index (Phi) is 5.25. The highest BCUT2D eigenvalue weighted by molar-refractivity contribution is 5.48. The van der Waals surface area contributed by atoms with Gasteiger partial charge >= 0.3 is 0 Å². The van der Waals surface area contributed by atoms with Gasteiger partial charge in [-0.2, -0.15) is 0 Å². The van der Waals surface area contributed by atoms with Crippen molar-refractivity contribution >= 4 is 5.69 Å². The molecule has 0 atom stereocenters. The Balaban J connectivity index is 1.49. The summed E-state index contributed by atoms with van der Waals surface area (Å²) in [5.41, 5.74) is 5.68. The van der Waals surface area contributed by atoms with E-state index >= 15 is 0 Å². The van der Waals surface area contributed by atoms with Crippen molar-refractivity contribution in [3.05, 3.63) is 65.2 Å². The van der Waals surface area contributed by atoms with Crippen molar-refractivity contribution in [2.45, 2.75) is 52.1 Å². The predicted molar refractivity (Wildman–Crippen MR) is 104 cm³/mol. The zero-order chi connectivity index (χ0) is 17.0. The molecule has 1 aliphatic heterocycles. The second-order valence-corrected chi connectivity index (χ2v) is 7.91. The van der Waals surface area contributed by atoms with Crippen LogP contribution in [0.25, 0.3) is 0 Å². The molecule has 1 aliphatic rings. The number of hydrogen-bond acceptors (Lipinski definition) is 2. The molecule has 2 aromatic carbocycles. The normalized spacial score (nSPS) is 15.0. The molecule has 1 heterocycles. The Morgan fingerprint density at radius 2 is 1.29 bits per heavy atom. The second kappa shape index (κ2) is 7.40. The fraction of sp³-hybridized carbons (Fsp3) is 0.455. The van der Waals surface area contributed by atoms with E-state index in [4.69, 9.17) is 0 Å². The first-order valence-electron chi connectivity index (χ1n) is 9.16. The molecule has 128 valence electrons. The van der Waals surface area contributed by atoms with E-state index < -0.39 is 0 Å². The molecule has 2 heteroatoms. The first kappa shape index (κ1) is 17.0. The summed E-state index contributed by atoms with van der Waals surface area (Å²) in [4.78, 5) is 2.48. The molecule has 0 radical (unpaired) electrons. The third-order valence-electron chi connectivity index (χ3n) is 4.89. The van der Waals surface area contributed by atoms with Gasteiger partial charge in [0.15, 0.2) is 0 Å². The number of rotatable bonds is 5. The van der Waals surface area contributed by atoms with Gasteiger partial charge in [-0.15, -0.1) is 0 Å². The molecule has 0 bridgehead atoms. The molecule has 1 N–H and O–H groups in total. The van der Waals surface area contributed by atoms with Crippen LogP contribution in [0.5, 0.6) is 0 Å². The Labute approximate surface area is 146 Å². The molecule has 3 rings (SSSR count). The number of hydrogen-bond donors (Lipinski definition) is 1. The Morgan fingerprint density at radius 3 is 1.79 bits per heavy atom. The maximum absolute atomic E-state index is 3.55. The van der Waals surface area contributed by atoms with Crippen molar-refractivity contribution in [2.24, 2.45) is 0 Å². The van der Waals surface area contributed by atoms with Crippen LogP contribution in [0.1, 0.15) is 50.3 Å². The van der Waals surface area contributed by atoms with Gasteiger partial charge < -0.3 is 10.2 Å². The van der Waals surface area contributed by atoms with E-state index in [1.165, 1.54) is 48.3 Å². The van der Waals surface area contributed by atoms with Gasteiger partial charge in [0.25, 0.3) is 0 Å². The fourth-order valence-electron chi connectivity index (χ4n) is 3.27. The van der Waals surface area contributed by atoms with Crippen LogP contribution in [-0.4, -0.2) is 13.1 Å². The van der Waals surface area contributed by atoms with Gasteiger partial charge in [0.2, 0.25) is 0 Å². The third-order valence-corrected chi connectivity index (χ3v) is 4.89. The van der Waals surface area contributed by atoms with E-state index in [0.29, 0.717) is 0 Å². The molecule has 24 heavy (non-hydrogen) atoms. The van der Waals surface area contributed by atoms with Gasteiger partial charge in [-0.25, -0.2) is 0 Å². The zero-order valence-corrected chi connectivity index (χ0v) is 15.3. The van der Waals surface area contributed by atoms with Gasteiger partial charge in [-0.1, -0.05) is 57.2 Å². The van der Waals surface area contributed by atoms with Crippen LogP contribution in [0, 0.1) is 0 Å². The molecular weight excluding hydrogens is 292 g/mol. The van der Waals surface area contributed by atoms with E-state index in [9.17, 15) is 0 Å². The second-order valence-electron chi connectivity index (χ2n) is 7.91. The van der Waals surface area contributed by atoms with Gasteiger partial charge in [0.05, 0.1) is 0 Å². The average Bonchev–Trinajstić information content (AvgIpc) is 3.10. The van der Waals surface area contributed by atoms with Gasteiger partial charge in [-0.05, 0) is 47.1 Å². The minimum atomic E-state index is 0.225. The molecule has 0 aliphatic carbocycles. The van der Waals surface area contributed by atoms with Crippen molar-refractivity contribution in [1.82, 2.24) is 5.32 Å². The Hall–Kier alpha value is -1.80. The summed E-state index contributed by atoms with van der Waals surface area (Å²) in [5.74, 6) is 0. The summed E-state index contributed by atoms with van der Waals surface area (Å²) in [5, 5.41) is 3.55. The van der Waals surface area contributed by atoms with Crippen molar-refractivity contribution in [3.8, 4) is 0 Å². The molecule has 0 aromatic heterocycles. The van der Waals surface area contributed by atoms with Crippen LogP contribution in [0.4, 0.5) is 5.69 Å². The van der Waals surface area contributed by atoms with E-state index in [1.54, 1.807) is 0 Å². The summed E-state index contributed by atoms with van der Waals surface area (Å²) < 4.78 is 0. The monoisotopic (exact) mass is 322 g/mol. The van der Waals surface area contributed by atoms with Crippen molar-refractivity contribution in [2.75, 3.05) is 18.0 Å². The number of anilines is 1. The lowest BCUT2D eigenvalue weighted by Gasteiger charge is -2.19. The van der Waals surface area contributed by atoms with Gasteiger partial charge in [0, 0.05) is 31.9 Å². The van der Waals surface area contributed by atoms with E-state index in [-0.39, 0.29) is 5.41 Å².